The first-order chi connectivity index (χ1) is 19.0. The highest BCUT2D eigenvalue weighted by Crippen LogP contribution is 2.27. The number of nitrogens with one attached hydrogen (secondary N) is 1. The first-order valence-electron chi connectivity index (χ1n) is 12.4. The third-order valence-corrected chi connectivity index (χ3v) is 6.12. The van der Waals surface area contributed by atoms with E-state index in [0.29, 0.717) is 24.5 Å². The average molecular weight is 534 g/mol. The Morgan fingerprint density at radius 1 is 1.13 bits per heavy atom. The van der Waals surface area contributed by atoms with Crippen molar-refractivity contribution in [2.24, 2.45) is 5.73 Å². The van der Waals surface area contributed by atoms with Gasteiger partial charge in [-0.05, 0) is 37.0 Å². The van der Waals surface area contributed by atoms with E-state index in [4.69, 9.17) is 19.9 Å². The summed E-state index contributed by atoms with van der Waals surface area (Å²) < 4.78 is 17.9. The van der Waals surface area contributed by atoms with E-state index in [1.165, 1.54) is 17.7 Å². The summed E-state index contributed by atoms with van der Waals surface area (Å²) in [5, 5.41) is 17.2. The molecule has 4 rings (SSSR count). The van der Waals surface area contributed by atoms with Crippen LogP contribution in [-0.4, -0.2) is 70.5 Å². The summed E-state index contributed by atoms with van der Waals surface area (Å²) in [6.45, 7) is 0.673. The summed E-state index contributed by atoms with van der Waals surface area (Å²) in [5.41, 5.74) is 8.55. The van der Waals surface area contributed by atoms with E-state index in [2.05, 4.69) is 25.6 Å². The van der Waals surface area contributed by atoms with Gasteiger partial charge < -0.3 is 25.3 Å². The number of nitrogens with zero attached hydrogens (tertiary/aromatic N) is 5. The molecule has 1 aromatic carbocycles. The molecule has 0 radical (unpaired) electrons. The number of benzene rings is 1. The van der Waals surface area contributed by atoms with Crippen LogP contribution < -0.4 is 15.8 Å². The SMILES string of the molecule is COCC(=O)C=C(N)c1nnc2c3ccccc3c(OCc3ccc(CCC(CCNC=O)OC)cn3)nn12. The van der Waals surface area contributed by atoms with E-state index in [0.717, 1.165) is 41.3 Å². The van der Waals surface area contributed by atoms with Crippen LogP contribution in [0.2, 0.25) is 0 Å². The molecule has 1 atom stereocenters. The molecule has 12 heteroatoms. The normalized spacial score (nSPS) is 12.5. The molecule has 12 nitrogen and oxygen atoms in total. The highest BCUT2D eigenvalue weighted by molar-refractivity contribution is 5.98. The number of hydrogen-bond donors (Lipinski definition) is 2. The van der Waals surface area contributed by atoms with Gasteiger partial charge in [0.15, 0.2) is 11.4 Å². The third kappa shape index (κ3) is 6.92. The molecule has 0 aliphatic rings. The van der Waals surface area contributed by atoms with Gasteiger partial charge in [-0.3, -0.25) is 14.6 Å². The van der Waals surface area contributed by atoms with Crippen LogP contribution in [0, 0.1) is 0 Å². The van der Waals surface area contributed by atoms with Crippen molar-refractivity contribution in [2.75, 3.05) is 27.4 Å². The highest BCUT2D eigenvalue weighted by Gasteiger charge is 2.17. The van der Waals surface area contributed by atoms with Crippen LogP contribution in [0.4, 0.5) is 0 Å². The summed E-state index contributed by atoms with van der Waals surface area (Å²) in [5.74, 6) is 0.280. The summed E-state index contributed by atoms with van der Waals surface area (Å²) in [4.78, 5) is 27.0. The number of ether oxygens (including phenoxy) is 3. The molecule has 3 aromatic heterocycles. The Bertz CT molecular complexity index is 1450. The lowest BCUT2D eigenvalue weighted by atomic mass is 10.1. The molecule has 0 saturated heterocycles. The summed E-state index contributed by atoms with van der Waals surface area (Å²) in [6.07, 6.45) is 6.19. The van der Waals surface area contributed by atoms with E-state index in [-0.39, 0.29) is 36.6 Å². The fourth-order valence-corrected chi connectivity index (χ4v) is 4.10. The molecule has 204 valence electrons. The lowest BCUT2D eigenvalue weighted by Gasteiger charge is -2.15. The molecule has 4 aromatic rings. The van der Waals surface area contributed by atoms with Gasteiger partial charge in [-0.1, -0.05) is 24.3 Å². The van der Waals surface area contributed by atoms with Gasteiger partial charge in [0.05, 0.1) is 17.5 Å². The van der Waals surface area contributed by atoms with Crippen molar-refractivity contribution < 1.29 is 23.8 Å². The van der Waals surface area contributed by atoms with Crippen LogP contribution >= 0.6 is 0 Å². The molecular formula is C27H31N7O5. The fourth-order valence-electron chi connectivity index (χ4n) is 4.10. The summed E-state index contributed by atoms with van der Waals surface area (Å²) in [7, 11) is 3.11. The maximum atomic E-state index is 12.0. The van der Waals surface area contributed by atoms with Gasteiger partial charge in [0.1, 0.15) is 13.2 Å². The molecule has 0 fully saturated rings. The fraction of sp³-hybridized carbons (Fsp3) is 0.333. The zero-order chi connectivity index (χ0) is 27.6. The number of amides is 1. The zero-order valence-corrected chi connectivity index (χ0v) is 21.9. The van der Waals surface area contributed by atoms with Crippen LogP contribution in [0.5, 0.6) is 5.88 Å². The maximum absolute atomic E-state index is 12.0. The maximum Gasteiger partial charge on any atom is 0.240 e. The standard InChI is InChI=1S/C27H31N7O5/c1-37-16-20(36)13-24(28)26-32-31-25-22-5-3-4-6-23(22)27(33-34(25)26)39-15-19-9-7-18(14-30-19)8-10-21(38-2)11-12-29-17-35/h3-7,9,13-14,17,21H,8,10-12,15-16,28H2,1-2H3,(H,29,35). The summed E-state index contributed by atoms with van der Waals surface area (Å²) >= 11 is 0. The van der Waals surface area contributed by atoms with E-state index >= 15 is 0 Å². The van der Waals surface area contributed by atoms with Crippen LogP contribution in [0.1, 0.15) is 29.9 Å². The average Bonchev–Trinajstić information content (AvgIpc) is 3.38. The number of pyridine rings is 1. The van der Waals surface area contributed by atoms with Crippen molar-refractivity contribution in [3.63, 3.8) is 0 Å². The lowest BCUT2D eigenvalue weighted by molar-refractivity contribution is -0.118. The molecular weight excluding hydrogens is 502 g/mol. The number of aryl methyl sites for hydroxylation is 1. The summed E-state index contributed by atoms with van der Waals surface area (Å²) in [6, 6.07) is 11.5. The van der Waals surface area contributed by atoms with Crippen molar-refractivity contribution in [1.29, 1.82) is 0 Å². The van der Waals surface area contributed by atoms with Gasteiger partial charge in [-0.15, -0.1) is 15.3 Å². The number of hydrogen-bond acceptors (Lipinski definition) is 10. The Morgan fingerprint density at radius 3 is 2.67 bits per heavy atom. The molecule has 1 unspecified atom stereocenters. The quantitative estimate of drug-likeness (QED) is 0.131. The van der Waals surface area contributed by atoms with Crippen molar-refractivity contribution in [3.8, 4) is 5.88 Å². The van der Waals surface area contributed by atoms with Gasteiger partial charge in [0.2, 0.25) is 18.1 Å². The minimum atomic E-state index is -0.300. The smallest absolute Gasteiger partial charge is 0.240 e. The van der Waals surface area contributed by atoms with E-state index in [9.17, 15) is 9.59 Å². The Morgan fingerprint density at radius 2 is 1.95 bits per heavy atom. The molecule has 3 heterocycles. The number of rotatable bonds is 15. The lowest BCUT2D eigenvalue weighted by Crippen LogP contribution is -2.21. The number of methoxy groups -OCH3 is 2. The molecule has 0 saturated carbocycles. The predicted molar refractivity (Wildman–Crippen MR) is 144 cm³/mol. The van der Waals surface area contributed by atoms with Gasteiger partial charge in [-0.25, -0.2) is 0 Å². The van der Waals surface area contributed by atoms with E-state index < -0.39 is 0 Å². The van der Waals surface area contributed by atoms with Crippen LogP contribution in [0.15, 0.2) is 48.7 Å². The third-order valence-electron chi connectivity index (χ3n) is 6.12. The monoisotopic (exact) mass is 533 g/mol. The zero-order valence-electron chi connectivity index (χ0n) is 21.9. The minimum Gasteiger partial charge on any atom is -0.470 e. The highest BCUT2D eigenvalue weighted by atomic mass is 16.5. The second-order valence-corrected chi connectivity index (χ2v) is 8.81. The number of carbonyl (C=O) groups is 2. The van der Waals surface area contributed by atoms with E-state index in [1.807, 2.05) is 42.6 Å². The topological polar surface area (TPSA) is 156 Å². The number of fused-ring (bicyclic) bond motifs is 3. The van der Waals surface area contributed by atoms with Crippen LogP contribution in [0.25, 0.3) is 22.1 Å². The van der Waals surface area contributed by atoms with Crippen LogP contribution in [0.3, 0.4) is 0 Å². The first kappa shape index (κ1) is 27.6. The molecule has 39 heavy (non-hydrogen) atoms. The van der Waals surface area contributed by atoms with Gasteiger partial charge in [0.25, 0.3) is 0 Å². The number of carbonyl (C=O) groups excluding carboxylic acids is 2. The molecule has 1 amide bonds. The Balaban J connectivity index is 1.49. The van der Waals surface area contributed by atoms with Crippen LogP contribution in [-0.2, 0) is 32.1 Å². The Kier molecular flexibility index (Phi) is 9.48. The van der Waals surface area contributed by atoms with Gasteiger partial charge in [0, 0.05) is 43.8 Å². The van der Waals surface area contributed by atoms with Crippen molar-refractivity contribution >= 4 is 34.3 Å². The molecule has 3 N–H and O–H groups in total. The Labute approximate surface area is 225 Å². The number of nitrogens with two attached hydrogens (primary N) is 1. The second kappa shape index (κ2) is 13.4. The van der Waals surface area contributed by atoms with Crippen molar-refractivity contribution in [1.82, 2.24) is 30.1 Å². The number of ketones is 1. The first-order valence-corrected chi connectivity index (χ1v) is 12.4. The predicted octanol–water partition coefficient (Wildman–Crippen LogP) is 1.85. The van der Waals surface area contributed by atoms with Crippen molar-refractivity contribution in [3.05, 3.63) is 65.8 Å². The minimum absolute atomic E-state index is 0.0549. The second-order valence-electron chi connectivity index (χ2n) is 8.81. The van der Waals surface area contributed by atoms with Gasteiger partial charge >= 0.3 is 0 Å². The molecule has 0 aliphatic carbocycles. The molecule has 0 bridgehead atoms. The largest absolute Gasteiger partial charge is 0.470 e. The van der Waals surface area contributed by atoms with Crippen molar-refractivity contribution in [2.45, 2.75) is 32.0 Å². The molecule has 0 spiro atoms. The van der Waals surface area contributed by atoms with Gasteiger partial charge in [-0.2, -0.15) is 4.52 Å². The van der Waals surface area contributed by atoms with E-state index in [1.54, 1.807) is 7.11 Å². The molecule has 0 aliphatic heterocycles. The number of aromatic nitrogens is 5. The Hall–Kier alpha value is -4.42.